The molecule has 1 fully saturated rings. The molecule has 2 aliphatic carbocycles. The average Bonchev–Trinajstić information content (AvgIpc) is 3.34. The van der Waals surface area contributed by atoms with Crippen molar-refractivity contribution in [2.45, 2.75) is 97.8 Å². The van der Waals surface area contributed by atoms with Crippen molar-refractivity contribution in [3.05, 3.63) is 89.2 Å². The Morgan fingerprint density at radius 2 is 1.89 bits per heavy atom. The first-order valence-corrected chi connectivity index (χ1v) is 14.1. The minimum absolute atomic E-state index is 0.205. The molecule has 0 saturated heterocycles. The summed E-state index contributed by atoms with van der Waals surface area (Å²) in [6.07, 6.45) is 30.5. The van der Waals surface area contributed by atoms with E-state index in [1.54, 1.807) is 0 Å². The van der Waals surface area contributed by atoms with Crippen molar-refractivity contribution in [1.82, 2.24) is 14.3 Å². The highest BCUT2D eigenvalue weighted by Gasteiger charge is 2.32. The maximum Gasteiger partial charge on any atom is 0.105 e. The van der Waals surface area contributed by atoms with Crippen molar-refractivity contribution >= 4 is 11.9 Å². The smallest absolute Gasteiger partial charge is 0.105 e. The van der Waals surface area contributed by atoms with Gasteiger partial charge in [0.2, 0.25) is 0 Å². The van der Waals surface area contributed by atoms with E-state index in [-0.39, 0.29) is 5.41 Å². The molecule has 190 valence electrons. The Morgan fingerprint density at radius 1 is 1.11 bits per heavy atom. The lowest BCUT2D eigenvalue weighted by atomic mass is 9.72. The molecule has 0 amide bonds. The zero-order chi connectivity index (χ0) is 25.3. The van der Waals surface area contributed by atoms with E-state index in [0.29, 0.717) is 11.3 Å². The van der Waals surface area contributed by atoms with Crippen molar-refractivity contribution in [2.75, 3.05) is 0 Å². The van der Waals surface area contributed by atoms with Gasteiger partial charge in [-0.15, -0.1) is 0 Å². The number of allylic oxidation sites excluding steroid dienone is 10. The predicted molar refractivity (Wildman–Crippen MR) is 154 cm³/mol. The highest BCUT2D eigenvalue weighted by molar-refractivity contribution is 7.98. The van der Waals surface area contributed by atoms with E-state index in [4.69, 9.17) is 0 Å². The average molecular weight is 492 g/mol. The molecule has 3 nitrogen and oxygen atoms in total. The fraction of sp³-hybridized carbons (Fsp3) is 0.516. The van der Waals surface area contributed by atoms with E-state index in [1.165, 1.54) is 72.9 Å². The molecule has 1 aromatic heterocycles. The van der Waals surface area contributed by atoms with Gasteiger partial charge in [0.25, 0.3) is 0 Å². The van der Waals surface area contributed by atoms with Crippen LogP contribution in [0.25, 0.3) is 0 Å². The lowest BCUT2D eigenvalue weighted by molar-refractivity contribution is 0.380. The van der Waals surface area contributed by atoms with E-state index in [9.17, 15) is 0 Å². The standard InChI is InChI=1S/C31H45N3S/c1-7-27(33-28-14-9-8-10-15-28)22-25(3)13-11-12-24(2)16-17-29-26(4)30(18-19-31(29,5)6)35-34-21-20-32-23-34/h7,11-13,16-17,20-23,28,30,33H,8-10,14-15,18-19H2,1-6H3/b13-11+,17-16+,24-12+,25-22+,27-7+. The van der Waals surface area contributed by atoms with Gasteiger partial charge in [-0.25, -0.2) is 4.98 Å². The van der Waals surface area contributed by atoms with Crippen LogP contribution in [-0.2, 0) is 0 Å². The second kappa shape index (κ2) is 13.2. The summed E-state index contributed by atoms with van der Waals surface area (Å²) in [4.78, 5) is 4.20. The summed E-state index contributed by atoms with van der Waals surface area (Å²) < 4.78 is 2.13. The van der Waals surface area contributed by atoms with Gasteiger partial charge in [0.1, 0.15) is 6.33 Å². The third-order valence-electron chi connectivity index (χ3n) is 7.30. The lowest BCUT2D eigenvalue weighted by Crippen LogP contribution is -2.29. The lowest BCUT2D eigenvalue weighted by Gasteiger charge is -2.37. The van der Waals surface area contributed by atoms with E-state index < -0.39 is 0 Å². The Balaban J connectivity index is 1.63. The van der Waals surface area contributed by atoms with Gasteiger partial charge in [-0.3, -0.25) is 3.97 Å². The topological polar surface area (TPSA) is 29.9 Å². The van der Waals surface area contributed by atoms with Crippen LogP contribution in [0.1, 0.15) is 86.5 Å². The Bertz CT molecular complexity index is 996. The van der Waals surface area contributed by atoms with E-state index in [0.717, 1.165) is 0 Å². The largest absolute Gasteiger partial charge is 0.383 e. The minimum Gasteiger partial charge on any atom is -0.383 e. The first-order valence-electron chi connectivity index (χ1n) is 13.3. The number of rotatable bonds is 9. The Kier molecular flexibility index (Phi) is 10.3. The Morgan fingerprint density at radius 3 is 2.57 bits per heavy atom. The highest BCUT2D eigenvalue weighted by Crippen LogP contribution is 2.44. The monoisotopic (exact) mass is 491 g/mol. The first-order chi connectivity index (χ1) is 16.8. The van der Waals surface area contributed by atoms with Crippen LogP contribution in [0.2, 0.25) is 0 Å². The van der Waals surface area contributed by atoms with Gasteiger partial charge in [-0.1, -0.05) is 80.7 Å². The van der Waals surface area contributed by atoms with Crippen LogP contribution in [-0.4, -0.2) is 20.2 Å². The molecule has 1 heterocycles. The van der Waals surface area contributed by atoms with Crippen LogP contribution in [0, 0.1) is 5.41 Å². The SMILES string of the molecule is C\C=C(/C=C(C)/C=C/C=C(C)/C=C/C1=C(C)C(Sn2ccnc2)CCC1(C)C)NC1CCCCC1. The molecular weight excluding hydrogens is 446 g/mol. The summed E-state index contributed by atoms with van der Waals surface area (Å²) >= 11 is 1.87. The van der Waals surface area contributed by atoms with Gasteiger partial charge in [0.15, 0.2) is 0 Å². The molecule has 0 aromatic carbocycles. The summed E-state index contributed by atoms with van der Waals surface area (Å²) in [6, 6.07) is 0.634. The first kappa shape index (κ1) is 27.4. The van der Waals surface area contributed by atoms with Crippen LogP contribution >= 0.6 is 11.9 Å². The zero-order valence-electron chi connectivity index (χ0n) is 22.7. The van der Waals surface area contributed by atoms with Crippen LogP contribution < -0.4 is 5.32 Å². The summed E-state index contributed by atoms with van der Waals surface area (Å²) in [5.74, 6) is 0. The van der Waals surface area contributed by atoms with E-state index >= 15 is 0 Å². The van der Waals surface area contributed by atoms with Gasteiger partial charge < -0.3 is 5.32 Å². The second-order valence-corrected chi connectivity index (χ2v) is 12.0. The number of nitrogens with one attached hydrogen (secondary N) is 1. The molecule has 0 radical (unpaired) electrons. The van der Waals surface area contributed by atoms with E-state index in [2.05, 4.69) is 98.3 Å². The summed E-state index contributed by atoms with van der Waals surface area (Å²) in [6.45, 7) is 13.5. The molecule has 1 atom stereocenters. The van der Waals surface area contributed by atoms with Crippen LogP contribution in [0.3, 0.4) is 0 Å². The van der Waals surface area contributed by atoms with E-state index in [1.807, 2.05) is 30.7 Å². The molecule has 2 aliphatic rings. The van der Waals surface area contributed by atoms with Gasteiger partial charge in [0, 0.05) is 29.4 Å². The maximum absolute atomic E-state index is 4.20. The van der Waals surface area contributed by atoms with Gasteiger partial charge >= 0.3 is 0 Å². The van der Waals surface area contributed by atoms with Crippen molar-refractivity contribution in [3.63, 3.8) is 0 Å². The quantitative estimate of drug-likeness (QED) is 0.350. The third-order valence-corrected chi connectivity index (χ3v) is 8.60. The van der Waals surface area contributed by atoms with Gasteiger partial charge in [0.05, 0.1) is 0 Å². The molecule has 35 heavy (non-hydrogen) atoms. The second-order valence-electron chi connectivity index (χ2n) is 10.8. The Hall–Kier alpha value is -2.20. The Labute approximate surface area is 218 Å². The van der Waals surface area contributed by atoms with Crippen molar-refractivity contribution in [2.24, 2.45) is 5.41 Å². The normalized spacial score (nSPS) is 23.0. The predicted octanol–water partition coefficient (Wildman–Crippen LogP) is 8.72. The molecular formula is C31H45N3S. The molecule has 4 heteroatoms. The fourth-order valence-electron chi connectivity index (χ4n) is 5.10. The highest BCUT2D eigenvalue weighted by atomic mass is 32.2. The number of imidazole rings is 1. The van der Waals surface area contributed by atoms with Crippen molar-refractivity contribution < 1.29 is 0 Å². The summed E-state index contributed by atoms with van der Waals surface area (Å²) in [5, 5.41) is 4.23. The number of hydrogen-bond donors (Lipinski definition) is 1. The number of hydrogen-bond acceptors (Lipinski definition) is 3. The van der Waals surface area contributed by atoms with Crippen molar-refractivity contribution in [3.8, 4) is 0 Å². The molecule has 1 saturated carbocycles. The molecule has 1 N–H and O–H groups in total. The number of aromatic nitrogens is 2. The molecule has 3 rings (SSSR count). The molecule has 0 aliphatic heterocycles. The third kappa shape index (κ3) is 8.45. The molecule has 0 spiro atoms. The number of nitrogens with zero attached hydrogens (tertiary/aromatic N) is 2. The molecule has 1 unspecified atom stereocenters. The van der Waals surface area contributed by atoms with Crippen LogP contribution in [0.15, 0.2) is 89.2 Å². The summed E-state index contributed by atoms with van der Waals surface area (Å²) in [5.41, 5.74) is 6.94. The van der Waals surface area contributed by atoms with Gasteiger partial charge in [-0.05, 0) is 88.0 Å². The fourth-order valence-corrected chi connectivity index (χ4v) is 6.14. The minimum atomic E-state index is 0.205. The summed E-state index contributed by atoms with van der Waals surface area (Å²) in [7, 11) is 0. The molecule has 0 bridgehead atoms. The zero-order valence-corrected chi connectivity index (χ0v) is 23.5. The van der Waals surface area contributed by atoms with Gasteiger partial charge in [-0.2, -0.15) is 0 Å². The van der Waals surface area contributed by atoms with Crippen molar-refractivity contribution in [1.29, 1.82) is 0 Å². The molecule has 1 aromatic rings. The van der Waals surface area contributed by atoms with Crippen LogP contribution in [0.4, 0.5) is 0 Å². The van der Waals surface area contributed by atoms with Crippen LogP contribution in [0.5, 0.6) is 0 Å². The maximum atomic E-state index is 4.20.